The zero-order chi connectivity index (χ0) is 8.20. The fraction of sp³-hybridized carbons (Fsp3) is 0.750. The third kappa shape index (κ3) is 2.76. The van der Waals surface area contributed by atoms with Crippen molar-refractivity contribution in [3.8, 4) is 0 Å². The molecule has 10 heavy (non-hydrogen) atoms. The van der Waals surface area contributed by atoms with Crippen molar-refractivity contribution in [2.24, 2.45) is 5.41 Å². The van der Waals surface area contributed by atoms with E-state index in [4.69, 9.17) is 5.11 Å². The van der Waals surface area contributed by atoms with Gasteiger partial charge in [0.25, 0.3) is 0 Å². The van der Waals surface area contributed by atoms with Crippen LogP contribution in [0.1, 0.15) is 27.7 Å². The highest BCUT2D eigenvalue weighted by molar-refractivity contribution is 5.04. The lowest BCUT2D eigenvalue weighted by Gasteiger charge is -2.22. The van der Waals surface area contributed by atoms with Gasteiger partial charge in [0.2, 0.25) is 0 Å². The summed E-state index contributed by atoms with van der Waals surface area (Å²) in [5, 5.41) is 11.9. The van der Waals surface area contributed by atoms with E-state index in [0.29, 0.717) is 0 Å². The van der Waals surface area contributed by atoms with Crippen molar-refractivity contribution in [3.05, 3.63) is 12.0 Å². The number of allylic oxidation sites excluding steroid dienone is 1. The predicted octanol–water partition coefficient (Wildman–Crippen LogP) is 2.04. The number of hydrogen-bond donors (Lipinski definition) is 2. The summed E-state index contributed by atoms with van der Waals surface area (Å²) in [4.78, 5) is 0. The van der Waals surface area contributed by atoms with Crippen LogP contribution in [0.5, 0.6) is 0 Å². The van der Waals surface area contributed by atoms with Crippen LogP contribution in [-0.4, -0.2) is 11.7 Å². The van der Waals surface area contributed by atoms with Gasteiger partial charge in [0, 0.05) is 12.0 Å². The molecule has 0 amide bonds. The maximum Gasteiger partial charge on any atom is 0.0986 e. The van der Waals surface area contributed by atoms with Gasteiger partial charge >= 0.3 is 0 Å². The summed E-state index contributed by atoms with van der Waals surface area (Å²) in [7, 11) is 0. The molecule has 2 heteroatoms. The largest absolute Gasteiger partial charge is 0.514 e. The van der Waals surface area contributed by atoms with Gasteiger partial charge in [0.1, 0.15) is 0 Å². The Hall–Kier alpha value is -0.660. The maximum absolute atomic E-state index is 8.77. The molecule has 0 aliphatic rings. The van der Waals surface area contributed by atoms with E-state index in [1.165, 1.54) is 0 Å². The molecule has 0 heterocycles. The van der Waals surface area contributed by atoms with Gasteiger partial charge in [-0.05, 0) is 6.92 Å². The molecule has 0 unspecified atom stereocenters. The van der Waals surface area contributed by atoms with Crippen LogP contribution in [0.3, 0.4) is 0 Å². The molecule has 0 aromatic heterocycles. The molecule has 0 bridgehead atoms. The zero-order valence-electron chi connectivity index (χ0n) is 7.23. The van der Waals surface area contributed by atoms with Crippen molar-refractivity contribution in [2.75, 3.05) is 6.54 Å². The number of aliphatic hydroxyl groups excluding tert-OH is 1. The van der Waals surface area contributed by atoms with Crippen LogP contribution in [0.2, 0.25) is 0 Å². The van der Waals surface area contributed by atoms with Crippen molar-refractivity contribution in [2.45, 2.75) is 27.7 Å². The molecule has 0 spiro atoms. The van der Waals surface area contributed by atoms with Gasteiger partial charge in [0.05, 0.1) is 12.0 Å². The van der Waals surface area contributed by atoms with Crippen LogP contribution in [0.4, 0.5) is 0 Å². The fourth-order valence-corrected chi connectivity index (χ4v) is 0.695. The first-order valence-electron chi connectivity index (χ1n) is 3.61. The summed E-state index contributed by atoms with van der Waals surface area (Å²) >= 11 is 0. The lowest BCUT2D eigenvalue weighted by atomic mass is 9.93. The summed E-state index contributed by atoms with van der Waals surface area (Å²) in [5.74, 6) is 0. The fourth-order valence-electron chi connectivity index (χ4n) is 0.695. The van der Waals surface area contributed by atoms with Crippen molar-refractivity contribution in [1.29, 1.82) is 0 Å². The summed E-state index contributed by atoms with van der Waals surface area (Å²) in [6.07, 6.45) is 1.14. The SMILES string of the molecule is CCN/C(=C/O)C(C)(C)C. The standard InChI is InChI=1S/C8H17NO/c1-5-9-7(6-10)8(2,3)4/h6,9-10H,5H2,1-4H3/b7-6+. The van der Waals surface area contributed by atoms with E-state index in [-0.39, 0.29) is 5.41 Å². The second kappa shape index (κ2) is 3.49. The molecular formula is C8H17NO. The Kier molecular flexibility index (Phi) is 3.26. The van der Waals surface area contributed by atoms with Crippen LogP contribution in [0.15, 0.2) is 12.0 Å². The minimum Gasteiger partial charge on any atom is -0.514 e. The molecule has 0 aromatic rings. The lowest BCUT2D eigenvalue weighted by Crippen LogP contribution is -2.24. The van der Waals surface area contributed by atoms with Gasteiger partial charge in [-0.3, -0.25) is 0 Å². The smallest absolute Gasteiger partial charge is 0.0986 e. The second-order valence-corrected chi connectivity index (χ2v) is 3.32. The monoisotopic (exact) mass is 143 g/mol. The average Bonchev–Trinajstić information content (AvgIpc) is 1.80. The van der Waals surface area contributed by atoms with E-state index in [9.17, 15) is 0 Å². The number of nitrogens with one attached hydrogen (secondary N) is 1. The zero-order valence-corrected chi connectivity index (χ0v) is 7.23. The third-order valence-electron chi connectivity index (χ3n) is 1.30. The first-order valence-corrected chi connectivity index (χ1v) is 3.61. The van der Waals surface area contributed by atoms with E-state index < -0.39 is 0 Å². The highest BCUT2D eigenvalue weighted by Crippen LogP contribution is 2.21. The first kappa shape index (κ1) is 9.34. The van der Waals surface area contributed by atoms with Crippen LogP contribution in [0, 0.1) is 5.41 Å². The van der Waals surface area contributed by atoms with E-state index in [2.05, 4.69) is 26.1 Å². The maximum atomic E-state index is 8.77. The normalized spacial score (nSPS) is 13.4. The van der Waals surface area contributed by atoms with Gasteiger partial charge < -0.3 is 10.4 Å². The van der Waals surface area contributed by atoms with E-state index in [1.54, 1.807) is 0 Å². The topological polar surface area (TPSA) is 32.3 Å². The molecular weight excluding hydrogens is 126 g/mol. The predicted molar refractivity (Wildman–Crippen MR) is 43.8 cm³/mol. The molecule has 0 aromatic carbocycles. The van der Waals surface area contributed by atoms with Crippen molar-refractivity contribution in [1.82, 2.24) is 5.32 Å². The van der Waals surface area contributed by atoms with Crippen LogP contribution >= 0.6 is 0 Å². The number of hydrogen-bond acceptors (Lipinski definition) is 2. The third-order valence-corrected chi connectivity index (χ3v) is 1.30. The summed E-state index contributed by atoms with van der Waals surface area (Å²) < 4.78 is 0. The molecule has 0 aliphatic carbocycles. The Bertz CT molecular complexity index is 122. The highest BCUT2D eigenvalue weighted by atomic mass is 16.2. The Balaban J connectivity index is 4.10. The molecule has 0 radical (unpaired) electrons. The summed E-state index contributed by atoms with van der Waals surface area (Å²) in [5.41, 5.74) is 0.903. The lowest BCUT2D eigenvalue weighted by molar-refractivity contribution is 0.401. The minimum absolute atomic E-state index is 0.0186. The summed E-state index contributed by atoms with van der Waals surface area (Å²) in [6.45, 7) is 9.02. The molecule has 0 aliphatic heterocycles. The van der Waals surface area contributed by atoms with Crippen LogP contribution in [-0.2, 0) is 0 Å². The highest BCUT2D eigenvalue weighted by Gasteiger charge is 2.15. The molecule has 2 N–H and O–H groups in total. The van der Waals surface area contributed by atoms with Crippen LogP contribution in [0.25, 0.3) is 0 Å². The van der Waals surface area contributed by atoms with E-state index >= 15 is 0 Å². The summed E-state index contributed by atoms with van der Waals surface area (Å²) in [6, 6.07) is 0. The quantitative estimate of drug-likeness (QED) is 0.580. The minimum atomic E-state index is 0.0186. The Morgan fingerprint density at radius 3 is 2.10 bits per heavy atom. The molecule has 60 valence electrons. The van der Waals surface area contributed by atoms with E-state index in [1.807, 2.05) is 6.92 Å². The first-order chi connectivity index (χ1) is 4.52. The molecule has 0 fully saturated rings. The molecule has 2 nitrogen and oxygen atoms in total. The van der Waals surface area contributed by atoms with Crippen molar-refractivity contribution in [3.63, 3.8) is 0 Å². The Morgan fingerprint density at radius 2 is 2.00 bits per heavy atom. The molecule has 0 saturated heterocycles. The van der Waals surface area contributed by atoms with Crippen molar-refractivity contribution >= 4 is 0 Å². The van der Waals surface area contributed by atoms with Crippen molar-refractivity contribution < 1.29 is 5.11 Å². The molecule has 0 rings (SSSR count). The van der Waals surface area contributed by atoms with Gasteiger partial charge in [-0.2, -0.15) is 0 Å². The Labute approximate surface area is 62.9 Å². The van der Waals surface area contributed by atoms with E-state index in [0.717, 1.165) is 18.5 Å². The van der Waals surface area contributed by atoms with Crippen LogP contribution < -0.4 is 5.32 Å². The van der Waals surface area contributed by atoms with Gasteiger partial charge in [-0.1, -0.05) is 20.8 Å². The second-order valence-electron chi connectivity index (χ2n) is 3.32. The number of rotatable bonds is 2. The molecule has 0 atom stereocenters. The Morgan fingerprint density at radius 1 is 1.50 bits per heavy atom. The van der Waals surface area contributed by atoms with Gasteiger partial charge in [-0.15, -0.1) is 0 Å². The average molecular weight is 143 g/mol. The van der Waals surface area contributed by atoms with Gasteiger partial charge in [-0.25, -0.2) is 0 Å². The van der Waals surface area contributed by atoms with Gasteiger partial charge in [0.15, 0.2) is 0 Å². The molecule has 0 saturated carbocycles. The number of aliphatic hydroxyl groups is 1.